The minimum atomic E-state index is 0.0574. The van der Waals surface area contributed by atoms with Gasteiger partial charge in [-0.3, -0.25) is 4.79 Å². The number of fused-ring (bicyclic) bond motifs is 1. The average Bonchev–Trinajstić information content (AvgIpc) is 2.27. The second-order valence-electron chi connectivity index (χ2n) is 4.27. The van der Waals surface area contributed by atoms with Gasteiger partial charge in [0.1, 0.15) is 5.75 Å². The second kappa shape index (κ2) is 4.56. The highest BCUT2D eigenvalue weighted by Gasteiger charge is 2.19. The molecule has 86 valence electrons. The zero-order chi connectivity index (χ0) is 11.5. The van der Waals surface area contributed by atoms with Crippen molar-refractivity contribution in [2.24, 2.45) is 0 Å². The number of nitrogens with one attached hydrogen (secondary N) is 1. The summed E-state index contributed by atoms with van der Waals surface area (Å²) in [6.07, 6.45) is 2.95. The van der Waals surface area contributed by atoms with Crippen molar-refractivity contribution >= 4 is 5.91 Å². The first-order valence-corrected chi connectivity index (χ1v) is 5.62. The number of carbonyl (C=O) groups is 1. The Morgan fingerprint density at radius 3 is 2.94 bits per heavy atom. The van der Waals surface area contributed by atoms with E-state index < -0.39 is 0 Å². The molecule has 1 aliphatic rings. The molecule has 16 heavy (non-hydrogen) atoms. The molecule has 0 bridgehead atoms. The van der Waals surface area contributed by atoms with Crippen molar-refractivity contribution in [3.05, 3.63) is 29.3 Å². The number of hydrogen-bond donors (Lipinski definition) is 1. The summed E-state index contributed by atoms with van der Waals surface area (Å²) in [4.78, 5) is 11.0. The molecule has 0 heterocycles. The van der Waals surface area contributed by atoms with E-state index in [0.29, 0.717) is 6.04 Å². The summed E-state index contributed by atoms with van der Waals surface area (Å²) < 4.78 is 5.20. The van der Waals surface area contributed by atoms with E-state index in [-0.39, 0.29) is 5.91 Å². The molecule has 1 atom stereocenters. The first-order chi connectivity index (χ1) is 7.69. The number of amides is 1. The molecule has 2 rings (SSSR count). The highest BCUT2D eigenvalue weighted by Crippen LogP contribution is 2.25. The van der Waals surface area contributed by atoms with Crippen molar-refractivity contribution in [3.63, 3.8) is 0 Å². The maximum atomic E-state index is 11.0. The summed E-state index contributed by atoms with van der Waals surface area (Å²) in [5.41, 5.74) is 2.67. The Bertz CT molecular complexity index is 401. The van der Waals surface area contributed by atoms with Crippen LogP contribution in [0.1, 0.15) is 24.5 Å². The van der Waals surface area contributed by atoms with Crippen LogP contribution in [0.2, 0.25) is 0 Å². The summed E-state index contributed by atoms with van der Waals surface area (Å²) in [5.74, 6) is 0.971. The fourth-order valence-corrected chi connectivity index (χ4v) is 2.27. The van der Waals surface area contributed by atoms with E-state index in [9.17, 15) is 4.79 Å². The van der Waals surface area contributed by atoms with Gasteiger partial charge in [0.2, 0.25) is 5.91 Å². The second-order valence-corrected chi connectivity index (χ2v) is 4.27. The number of hydrogen-bond acceptors (Lipinski definition) is 2. The molecule has 0 saturated heterocycles. The largest absolute Gasteiger partial charge is 0.497 e. The number of carbonyl (C=O) groups excluding carboxylic acids is 1. The third-order valence-electron chi connectivity index (χ3n) is 3.05. The number of methoxy groups -OCH3 is 1. The van der Waals surface area contributed by atoms with Crippen LogP contribution >= 0.6 is 0 Å². The van der Waals surface area contributed by atoms with Crippen LogP contribution in [-0.2, 0) is 17.6 Å². The molecule has 0 saturated carbocycles. The third-order valence-corrected chi connectivity index (χ3v) is 3.05. The molecular formula is C13H17NO2. The van der Waals surface area contributed by atoms with Gasteiger partial charge in [0.05, 0.1) is 7.11 Å². The molecular weight excluding hydrogens is 202 g/mol. The van der Waals surface area contributed by atoms with E-state index in [1.54, 1.807) is 14.0 Å². The lowest BCUT2D eigenvalue weighted by Crippen LogP contribution is -2.37. The Kier molecular flexibility index (Phi) is 3.13. The third kappa shape index (κ3) is 2.35. The molecule has 0 unspecified atom stereocenters. The minimum Gasteiger partial charge on any atom is -0.497 e. The zero-order valence-corrected chi connectivity index (χ0v) is 9.75. The van der Waals surface area contributed by atoms with Gasteiger partial charge in [0.25, 0.3) is 0 Å². The molecule has 1 aromatic carbocycles. The van der Waals surface area contributed by atoms with Gasteiger partial charge in [-0.1, -0.05) is 6.07 Å². The SMILES string of the molecule is COc1ccc2c(c1)CC[C@@H](NC(C)=O)C2. The zero-order valence-electron chi connectivity index (χ0n) is 9.75. The topological polar surface area (TPSA) is 38.3 Å². The van der Waals surface area contributed by atoms with Crippen LogP contribution in [0.5, 0.6) is 5.75 Å². The van der Waals surface area contributed by atoms with Crippen LogP contribution in [0, 0.1) is 0 Å². The van der Waals surface area contributed by atoms with Gasteiger partial charge in [-0.05, 0) is 42.5 Å². The van der Waals surface area contributed by atoms with Crippen molar-refractivity contribution in [2.45, 2.75) is 32.2 Å². The van der Waals surface area contributed by atoms with Crippen LogP contribution in [0.3, 0.4) is 0 Å². The van der Waals surface area contributed by atoms with Crippen LogP contribution in [-0.4, -0.2) is 19.1 Å². The average molecular weight is 219 g/mol. The Labute approximate surface area is 95.8 Å². The van der Waals surface area contributed by atoms with Gasteiger partial charge >= 0.3 is 0 Å². The maximum absolute atomic E-state index is 11.0. The predicted octanol–water partition coefficient (Wildman–Crippen LogP) is 1.69. The molecule has 1 aliphatic carbocycles. The molecule has 3 nitrogen and oxygen atoms in total. The Balaban J connectivity index is 2.12. The minimum absolute atomic E-state index is 0.0574. The van der Waals surface area contributed by atoms with Crippen molar-refractivity contribution in [1.82, 2.24) is 5.32 Å². The standard InChI is InChI=1S/C13H17NO2/c1-9(15)14-12-5-3-11-8-13(16-2)6-4-10(11)7-12/h4,6,8,12H,3,5,7H2,1-2H3,(H,14,15)/t12-/m1/s1. The molecule has 3 heteroatoms. The maximum Gasteiger partial charge on any atom is 0.217 e. The van der Waals surface area contributed by atoms with Gasteiger partial charge in [0.15, 0.2) is 0 Å². The molecule has 1 N–H and O–H groups in total. The molecule has 1 aromatic rings. The summed E-state index contributed by atoms with van der Waals surface area (Å²) >= 11 is 0. The number of ether oxygens (including phenoxy) is 1. The molecule has 1 amide bonds. The number of rotatable bonds is 2. The lowest BCUT2D eigenvalue weighted by molar-refractivity contribution is -0.119. The first kappa shape index (κ1) is 11.0. The Morgan fingerprint density at radius 2 is 2.25 bits per heavy atom. The summed E-state index contributed by atoms with van der Waals surface area (Å²) in [6.45, 7) is 1.57. The van der Waals surface area contributed by atoms with E-state index in [0.717, 1.165) is 25.0 Å². The van der Waals surface area contributed by atoms with Crippen LogP contribution in [0.4, 0.5) is 0 Å². The highest BCUT2D eigenvalue weighted by atomic mass is 16.5. The highest BCUT2D eigenvalue weighted by molar-refractivity contribution is 5.73. The van der Waals surface area contributed by atoms with E-state index in [4.69, 9.17) is 4.74 Å². The number of benzene rings is 1. The molecule has 0 fully saturated rings. The van der Waals surface area contributed by atoms with Crippen LogP contribution < -0.4 is 10.1 Å². The van der Waals surface area contributed by atoms with Crippen molar-refractivity contribution in [2.75, 3.05) is 7.11 Å². The van der Waals surface area contributed by atoms with E-state index in [1.165, 1.54) is 11.1 Å². The number of aryl methyl sites for hydroxylation is 1. The molecule has 0 aromatic heterocycles. The van der Waals surface area contributed by atoms with Crippen molar-refractivity contribution < 1.29 is 9.53 Å². The van der Waals surface area contributed by atoms with Crippen LogP contribution in [0.15, 0.2) is 18.2 Å². The van der Waals surface area contributed by atoms with Gasteiger partial charge < -0.3 is 10.1 Å². The summed E-state index contributed by atoms with van der Waals surface area (Å²) in [7, 11) is 1.69. The predicted molar refractivity (Wildman–Crippen MR) is 62.6 cm³/mol. The lowest BCUT2D eigenvalue weighted by atomic mass is 9.88. The fraction of sp³-hybridized carbons (Fsp3) is 0.462. The van der Waals surface area contributed by atoms with Gasteiger partial charge in [0, 0.05) is 13.0 Å². The Hall–Kier alpha value is -1.51. The lowest BCUT2D eigenvalue weighted by Gasteiger charge is -2.25. The first-order valence-electron chi connectivity index (χ1n) is 5.62. The van der Waals surface area contributed by atoms with Crippen molar-refractivity contribution in [3.8, 4) is 5.75 Å². The van der Waals surface area contributed by atoms with Crippen molar-refractivity contribution in [1.29, 1.82) is 0 Å². The summed E-state index contributed by atoms with van der Waals surface area (Å²) in [5, 5.41) is 2.98. The van der Waals surface area contributed by atoms with Gasteiger partial charge in [-0.15, -0.1) is 0 Å². The molecule has 0 radical (unpaired) electrons. The normalized spacial score (nSPS) is 18.8. The van der Waals surface area contributed by atoms with Gasteiger partial charge in [-0.25, -0.2) is 0 Å². The van der Waals surface area contributed by atoms with Gasteiger partial charge in [-0.2, -0.15) is 0 Å². The summed E-state index contributed by atoms with van der Waals surface area (Å²) in [6, 6.07) is 6.47. The quantitative estimate of drug-likeness (QED) is 0.822. The van der Waals surface area contributed by atoms with E-state index >= 15 is 0 Å². The van der Waals surface area contributed by atoms with E-state index in [1.807, 2.05) is 6.07 Å². The van der Waals surface area contributed by atoms with Crippen LogP contribution in [0.25, 0.3) is 0 Å². The van der Waals surface area contributed by atoms with E-state index in [2.05, 4.69) is 17.4 Å². The molecule has 0 spiro atoms. The fourth-order valence-electron chi connectivity index (χ4n) is 2.27. The molecule has 0 aliphatic heterocycles. The Morgan fingerprint density at radius 1 is 1.44 bits per heavy atom. The smallest absolute Gasteiger partial charge is 0.217 e. The monoisotopic (exact) mass is 219 g/mol.